The van der Waals surface area contributed by atoms with Crippen LogP contribution in [-0.4, -0.2) is 5.78 Å². The standard InChI is InChI=1S/C13H11FOS/c1-2-9-7-8-16-13(9)12(15)10-5-3-4-6-11(10)14/h3-8H,2H2,1H3. The molecule has 1 heterocycles. The van der Waals surface area contributed by atoms with Gasteiger partial charge in [-0.1, -0.05) is 19.1 Å². The number of rotatable bonds is 3. The Kier molecular flexibility index (Phi) is 3.15. The monoisotopic (exact) mass is 234 g/mol. The number of carbonyl (C=O) groups excluding carboxylic acids is 1. The number of thiophene rings is 1. The highest BCUT2D eigenvalue weighted by atomic mass is 32.1. The second-order valence-corrected chi connectivity index (χ2v) is 4.35. The van der Waals surface area contributed by atoms with Gasteiger partial charge in [0, 0.05) is 0 Å². The fraction of sp³-hybridized carbons (Fsp3) is 0.154. The fourth-order valence-corrected chi connectivity index (χ4v) is 2.53. The molecule has 0 radical (unpaired) electrons. The van der Waals surface area contributed by atoms with Gasteiger partial charge in [0.25, 0.3) is 0 Å². The van der Waals surface area contributed by atoms with E-state index < -0.39 is 5.82 Å². The summed E-state index contributed by atoms with van der Waals surface area (Å²) in [6, 6.07) is 8.01. The molecule has 2 aromatic rings. The molecule has 0 aliphatic carbocycles. The maximum Gasteiger partial charge on any atom is 0.206 e. The lowest BCUT2D eigenvalue weighted by Crippen LogP contribution is -2.04. The summed E-state index contributed by atoms with van der Waals surface area (Å²) in [5.41, 5.74) is 1.14. The van der Waals surface area contributed by atoms with Gasteiger partial charge in [-0.25, -0.2) is 4.39 Å². The van der Waals surface area contributed by atoms with Crippen molar-refractivity contribution in [2.75, 3.05) is 0 Å². The van der Waals surface area contributed by atoms with Crippen molar-refractivity contribution in [3.63, 3.8) is 0 Å². The number of carbonyl (C=O) groups is 1. The molecular weight excluding hydrogens is 223 g/mol. The first kappa shape index (κ1) is 11.0. The molecular formula is C13H11FOS. The Hall–Kier alpha value is -1.48. The zero-order valence-corrected chi connectivity index (χ0v) is 9.68. The van der Waals surface area contributed by atoms with Gasteiger partial charge in [-0.3, -0.25) is 4.79 Å². The Bertz CT molecular complexity index is 516. The first-order valence-corrected chi connectivity index (χ1v) is 5.97. The van der Waals surface area contributed by atoms with Crippen molar-refractivity contribution in [1.82, 2.24) is 0 Å². The molecule has 0 spiro atoms. The molecule has 0 saturated carbocycles. The maximum absolute atomic E-state index is 13.5. The lowest BCUT2D eigenvalue weighted by Gasteiger charge is -2.02. The van der Waals surface area contributed by atoms with Gasteiger partial charge < -0.3 is 0 Å². The summed E-state index contributed by atoms with van der Waals surface area (Å²) in [5, 5.41) is 1.87. The molecule has 0 aliphatic rings. The van der Waals surface area contributed by atoms with E-state index in [4.69, 9.17) is 0 Å². The van der Waals surface area contributed by atoms with Gasteiger partial charge in [0.05, 0.1) is 10.4 Å². The quantitative estimate of drug-likeness (QED) is 0.740. The SMILES string of the molecule is CCc1ccsc1C(=O)c1ccccc1F. The number of hydrogen-bond donors (Lipinski definition) is 0. The molecule has 0 unspecified atom stereocenters. The Labute approximate surface area is 97.6 Å². The number of halogens is 1. The van der Waals surface area contributed by atoms with Crippen LogP contribution in [0.2, 0.25) is 0 Å². The van der Waals surface area contributed by atoms with Crippen LogP contribution in [0.5, 0.6) is 0 Å². The molecule has 2 rings (SSSR count). The Morgan fingerprint density at radius 3 is 2.75 bits per heavy atom. The Morgan fingerprint density at radius 1 is 1.31 bits per heavy atom. The van der Waals surface area contributed by atoms with Crippen molar-refractivity contribution in [3.05, 3.63) is 57.5 Å². The van der Waals surface area contributed by atoms with Crippen LogP contribution in [0.4, 0.5) is 4.39 Å². The van der Waals surface area contributed by atoms with Crippen molar-refractivity contribution in [1.29, 1.82) is 0 Å². The summed E-state index contributed by atoms with van der Waals surface area (Å²) in [6.07, 6.45) is 0.791. The largest absolute Gasteiger partial charge is 0.288 e. The van der Waals surface area contributed by atoms with Crippen LogP contribution in [0.3, 0.4) is 0 Å². The van der Waals surface area contributed by atoms with E-state index in [0.717, 1.165) is 12.0 Å². The van der Waals surface area contributed by atoms with Crippen molar-refractivity contribution in [2.45, 2.75) is 13.3 Å². The van der Waals surface area contributed by atoms with Crippen LogP contribution in [-0.2, 0) is 6.42 Å². The molecule has 0 saturated heterocycles. The van der Waals surface area contributed by atoms with Crippen molar-refractivity contribution in [3.8, 4) is 0 Å². The van der Waals surface area contributed by atoms with E-state index in [0.29, 0.717) is 4.88 Å². The van der Waals surface area contributed by atoms with E-state index in [9.17, 15) is 9.18 Å². The summed E-state index contributed by atoms with van der Waals surface area (Å²) in [7, 11) is 0. The minimum atomic E-state index is -0.456. The molecule has 0 N–H and O–H groups in total. The summed E-state index contributed by atoms with van der Waals surface area (Å²) in [5.74, 6) is -0.673. The number of hydrogen-bond acceptors (Lipinski definition) is 2. The summed E-state index contributed by atoms with van der Waals surface area (Å²) in [4.78, 5) is 12.7. The normalized spacial score (nSPS) is 10.4. The van der Waals surface area contributed by atoms with Gasteiger partial charge in [0.1, 0.15) is 5.82 Å². The van der Waals surface area contributed by atoms with Gasteiger partial charge >= 0.3 is 0 Å². The van der Waals surface area contributed by atoms with E-state index in [-0.39, 0.29) is 11.3 Å². The molecule has 1 nitrogen and oxygen atoms in total. The second-order valence-electron chi connectivity index (χ2n) is 3.44. The fourth-order valence-electron chi connectivity index (χ4n) is 1.58. The zero-order valence-electron chi connectivity index (χ0n) is 8.87. The van der Waals surface area contributed by atoms with Crippen molar-refractivity contribution in [2.24, 2.45) is 0 Å². The van der Waals surface area contributed by atoms with Crippen LogP contribution in [0.15, 0.2) is 35.7 Å². The average Bonchev–Trinajstić information content (AvgIpc) is 2.77. The molecule has 0 fully saturated rings. The van der Waals surface area contributed by atoms with Crippen LogP contribution in [0.1, 0.15) is 27.7 Å². The van der Waals surface area contributed by atoms with E-state index >= 15 is 0 Å². The van der Waals surface area contributed by atoms with E-state index in [1.54, 1.807) is 12.1 Å². The molecule has 82 valence electrons. The lowest BCUT2D eigenvalue weighted by atomic mass is 10.1. The van der Waals surface area contributed by atoms with Crippen molar-refractivity contribution < 1.29 is 9.18 Å². The van der Waals surface area contributed by atoms with E-state index in [1.165, 1.54) is 23.5 Å². The second kappa shape index (κ2) is 4.58. The average molecular weight is 234 g/mol. The number of benzene rings is 1. The predicted molar refractivity (Wildman–Crippen MR) is 63.5 cm³/mol. The number of ketones is 1. The first-order valence-electron chi connectivity index (χ1n) is 5.09. The molecule has 0 amide bonds. The molecule has 0 aliphatic heterocycles. The molecule has 16 heavy (non-hydrogen) atoms. The van der Waals surface area contributed by atoms with Crippen molar-refractivity contribution >= 4 is 17.1 Å². The van der Waals surface area contributed by atoms with Gasteiger partial charge in [0.2, 0.25) is 5.78 Å². The minimum absolute atomic E-state index is 0.152. The third-order valence-electron chi connectivity index (χ3n) is 2.45. The first-order chi connectivity index (χ1) is 7.74. The highest BCUT2D eigenvalue weighted by Crippen LogP contribution is 2.22. The third-order valence-corrected chi connectivity index (χ3v) is 3.41. The topological polar surface area (TPSA) is 17.1 Å². The molecule has 1 aromatic heterocycles. The van der Waals surface area contributed by atoms with E-state index in [1.807, 2.05) is 18.4 Å². The molecule has 3 heteroatoms. The summed E-state index contributed by atoms with van der Waals surface area (Å²) < 4.78 is 13.5. The third kappa shape index (κ3) is 1.91. The van der Waals surface area contributed by atoms with Gasteiger partial charge in [-0.05, 0) is 35.6 Å². The van der Waals surface area contributed by atoms with Crippen LogP contribution >= 0.6 is 11.3 Å². The molecule has 1 aromatic carbocycles. The van der Waals surface area contributed by atoms with Gasteiger partial charge in [-0.15, -0.1) is 11.3 Å². The summed E-state index contributed by atoms with van der Waals surface area (Å²) >= 11 is 1.37. The predicted octanol–water partition coefficient (Wildman–Crippen LogP) is 3.68. The van der Waals surface area contributed by atoms with Crippen LogP contribution in [0, 0.1) is 5.82 Å². The van der Waals surface area contributed by atoms with Crippen LogP contribution in [0.25, 0.3) is 0 Å². The van der Waals surface area contributed by atoms with E-state index in [2.05, 4.69) is 0 Å². The smallest absolute Gasteiger partial charge is 0.206 e. The van der Waals surface area contributed by atoms with Gasteiger partial charge in [0.15, 0.2) is 0 Å². The summed E-state index contributed by atoms with van der Waals surface area (Å²) in [6.45, 7) is 1.99. The highest BCUT2D eigenvalue weighted by molar-refractivity contribution is 7.12. The molecule has 0 bridgehead atoms. The van der Waals surface area contributed by atoms with Gasteiger partial charge in [-0.2, -0.15) is 0 Å². The zero-order chi connectivity index (χ0) is 11.5. The van der Waals surface area contributed by atoms with Crippen LogP contribution < -0.4 is 0 Å². The Balaban J connectivity index is 2.44. The molecule has 0 atom stereocenters. The Morgan fingerprint density at radius 2 is 2.06 bits per heavy atom. The number of aryl methyl sites for hydroxylation is 1. The maximum atomic E-state index is 13.5. The lowest BCUT2D eigenvalue weighted by molar-refractivity contribution is 0.103. The highest BCUT2D eigenvalue weighted by Gasteiger charge is 2.17. The minimum Gasteiger partial charge on any atom is -0.288 e.